The summed E-state index contributed by atoms with van der Waals surface area (Å²) in [6.45, 7) is 7.81. The maximum atomic E-state index is 11.7. The molecule has 2 aromatic carbocycles. The van der Waals surface area contributed by atoms with Crippen LogP contribution in [0.3, 0.4) is 0 Å². The fraction of sp³-hybridized carbons (Fsp3) is 0.348. The molecule has 3 aromatic rings. The number of aryl methyl sites for hydroxylation is 1. The molecule has 4 rings (SSSR count). The Bertz CT molecular complexity index is 1080. The Labute approximate surface area is 177 Å². The summed E-state index contributed by atoms with van der Waals surface area (Å²) in [4.78, 5) is 23.4. The molecule has 7 heteroatoms. The molecule has 7 nitrogen and oxygen atoms in total. The van der Waals surface area contributed by atoms with Gasteiger partial charge in [-0.15, -0.1) is 0 Å². The number of nitrogens with one attached hydrogen (secondary N) is 1. The van der Waals surface area contributed by atoms with E-state index in [0.717, 1.165) is 35.4 Å². The van der Waals surface area contributed by atoms with Gasteiger partial charge in [0.05, 0.1) is 17.2 Å². The Hall–Kier alpha value is -3.35. The summed E-state index contributed by atoms with van der Waals surface area (Å²) >= 11 is 0. The van der Waals surface area contributed by atoms with Crippen LogP contribution in [0.15, 0.2) is 42.5 Å². The number of carbonyl (C=O) groups excluding carboxylic acids is 1. The fourth-order valence-corrected chi connectivity index (χ4v) is 3.60. The molecule has 2 heterocycles. The Morgan fingerprint density at radius 2 is 2.03 bits per heavy atom. The van der Waals surface area contributed by atoms with E-state index in [1.165, 1.54) is 0 Å². The van der Waals surface area contributed by atoms with Gasteiger partial charge in [-0.05, 0) is 50.6 Å². The van der Waals surface area contributed by atoms with Crippen molar-refractivity contribution in [3.05, 3.63) is 48.0 Å². The molecule has 0 radical (unpaired) electrons. The number of fused-ring (bicyclic) bond motifs is 1. The highest BCUT2D eigenvalue weighted by Gasteiger charge is 2.30. The number of phenols is 1. The quantitative estimate of drug-likeness (QED) is 0.660. The number of alkyl carbamates (subject to hydrolysis) is 1. The van der Waals surface area contributed by atoms with E-state index in [9.17, 15) is 9.90 Å². The van der Waals surface area contributed by atoms with Crippen LogP contribution >= 0.6 is 0 Å². The molecular formula is C23H28N4O3. The second-order valence-corrected chi connectivity index (χ2v) is 8.01. The number of para-hydroxylation sites is 1. The third kappa shape index (κ3) is 4.15. The van der Waals surface area contributed by atoms with Crippen molar-refractivity contribution in [2.45, 2.75) is 26.9 Å². The number of carbonyl (C=O) groups is 1. The van der Waals surface area contributed by atoms with Crippen LogP contribution < -0.4 is 10.2 Å². The molecule has 1 aliphatic rings. The summed E-state index contributed by atoms with van der Waals surface area (Å²) in [6, 6.07) is 13.2. The van der Waals surface area contributed by atoms with Crippen molar-refractivity contribution in [2.24, 2.45) is 5.92 Å². The van der Waals surface area contributed by atoms with E-state index in [1.54, 1.807) is 12.1 Å². The average molecular weight is 409 g/mol. The first-order valence-electron chi connectivity index (χ1n) is 10.2. The van der Waals surface area contributed by atoms with Gasteiger partial charge in [0.1, 0.15) is 11.6 Å². The standard InChI is InChI=1S/C23H26N4O3.H2/c1-14(2)30-23(29)24-11-16-12-27(13-16)22-17-9-8-15(3)10-19(17)25-21(26-22)18-6-4-5-7-20(18)28;/h4-10,14,16,28H,11-13H2,1-3H3,(H,24,29);1H. The van der Waals surface area contributed by atoms with E-state index in [1.807, 2.05) is 45.0 Å². The topological polar surface area (TPSA) is 87.6 Å². The first-order valence-corrected chi connectivity index (χ1v) is 10.2. The van der Waals surface area contributed by atoms with Crippen molar-refractivity contribution >= 4 is 22.8 Å². The highest BCUT2D eigenvalue weighted by Crippen LogP contribution is 2.34. The van der Waals surface area contributed by atoms with Crippen molar-refractivity contribution < 1.29 is 16.1 Å². The molecule has 30 heavy (non-hydrogen) atoms. The van der Waals surface area contributed by atoms with Crippen LogP contribution in [0.4, 0.5) is 10.6 Å². The maximum absolute atomic E-state index is 11.7. The summed E-state index contributed by atoms with van der Waals surface area (Å²) in [7, 11) is 0. The monoisotopic (exact) mass is 408 g/mol. The van der Waals surface area contributed by atoms with Crippen molar-refractivity contribution in [1.29, 1.82) is 0 Å². The smallest absolute Gasteiger partial charge is 0.407 e. The van der Waals surface area contributed by atoms with Crippen LogP contribution in [0.5, 0.6) is 5.75 Å². The molecule has 1 fully saturated rings. The second-order valence-electron chi connectivity index (χ2n) is 8.01. The van der Waals surface area contributed by atoms with Crippen LogP contribution in [-0.2, 0) is 4.74 Å². The van der Waals surface area contributed by atoms with E-state index < -0.39 is 0 Å². The third-order valence-electron chi connectivity index (χ3n) is 5.11. The molecule has 0 spiro atoms. The molecule has 0 saturated carbocycles. The molecule has 1 aromatic heterocycles. The number of rotatable bonds is 5. The number of hydrogen-bond acceptors (Lipinski definition) is 6. The summed E-state index contributed by atoms with van der Waals surface area (Å²) in [5.41, 5.74) is 2.57. The molecule has 2 N–H and O–H groups in total. The Morgan fingerprint density at radius 1 is 1.27 bits per heavy atom. The summed E-state index contributed by atoms with van der Waals surface area (Å²) in [5, 5.41) is 14.1. The number of anilines is 1. The van der Waals surface area contributed by atoms with E-state index >= 15 is 0 Å². The van der Waals surface area contributed by atoms with Gasteiger partial charge in [0.25, 0.3) is 0 Å². The van der Waals surface area contributed by atoms with Gasteiger partial charge in [-0.2, -0.15) is 0 Å². The van der Waals surface area contributed by atoms with Gasteiger partial charge in [-0.1, -0.05) is 18.2 Å². The highest BCUT2D eigenvalue weighted by atomic mass is 16.6. The van der Waals surface area contributed by atoms with E-state index in [0.29, 0.717) is 23.9 Å². The zero-order valence-electron chi connectivity index (χ0n) is 17.4. The predicted octanol–water partition coefficient (Wildman–Crippen LogP) is 4.13. The van der Waals surface area contributed by atoms with Crippen molar-refractivity contribution in [1.82, 2.24) is 15.3 Å². The number of hydrogen-bond donors (Lipinski definition) is 2. The summed E-state index contributed by atoms with van der Waals surface area (Å²) in [5.74, 6) is 1.83. The maximum Gasteiger partial charge on any atom is 0.407 e. The lowest BCUT2D eigenvalue weighted by Gasteiger charge is -2.40. The molecule has 0 bridgehead atoms. The molecule has 1 amide bonds. The SMILES string of the molecule is Cc1ccc2c(N3CC(CNC(=O)OC(C)C)C3)nc(-c3ccccc3O)nc2c1.[HH]. The number of aromatic nitrogens is 2. The fourth-order valence-electron chi connectivity index (χ4n) is 3.60. The van der Waals surface area contributed by atoms with Gasteiger partial charge < -0.3 is 20.1 Å². The normalized spacial score (nSPS) is 14.1. The minimum atomic E-state index is -0.381. The van der Waals surface area contributed by atoms with Crippen molar-refractivity contribution in [2.75, 3.05) is 24.5 Å². The van der Waals surface area contributed by atoms with Crippen molar-refractivity contribution in [3.63, 3.8) is 0 Å². The van der Waals surface area contributed by atoms with Gasteiger partial charge in [0.15, 0.2) is 5.82 Å². The minimum Gasteiger partial charge on any atom is -0.507 e. The number of nitrogens with zero attached hydrogens (tertiary/aromatic N) is 3. The first kappa shape index (κ1) is 19.9. The zero-order chi connectivity index (χ0) is 21.3. The highest BCUT2D eigenvalue weighted by molar-refractivity contribution is 5.92. The van der Waals surface area contributed by atoms with Gasteiger partial charge in [0, 0.05) is 32.4 Å². The second kappa shape index (κ2) is 8.18. The molecule has 0 aliphatic carbocycles. The van der Waals surface area contributed by atoms with Crippen LogP contribution in [0.2, 0.25) is 0 Å². The van der Waals surface area contributed by atoms with Crippen LogP contribution in [0.25, 0.3) is 22.3 Å². The molecular weight excluding hydrogens is 380 g/mol. The van der Waals surface area contributed by atoms with Gasteiger partial charge in [-0.25, -0.2) is 14.8 Å². The Kier molecular flexibility index (Phi) is 5.44. The molecule has 158 valence electrons. The predicted molar refractivity (Wildman–Crippen MR) is 119 cm³/mol. The van der Waals surface area contributed by atoms with E-state index in [-0.39, 0.29) is 19.4 Å². The number of aromatic hydroxyl groups is 1. The molecule has 1 aliphatic heterocycles. The van der Waals surface area contributed by atoms with Crippen LogP contribution in [0, 0.1) is 12.8 Å². The first-order chi connectivity index (χ1) is 14.4. The Balaban J connectivity index is 0.00000272. The van der Waals surface area contributed by atoms with Crippen molar-refractivity contribution in [3.8, 4) is 17.1 Å². The zero-order valence-corrected chi connectivity index (χ0v) is 17.4. The number of ether oxygens (including phenoxy) is 1. The molecule has 1 saturated heterocycles. The third-order valence-corrected chi connectivity index (χ3v) is 5.11. The lowest BCUT2D eigenvalue weighted by Crippen LogP contribution is -2.52. The van der Waals surface area contributed by atoms with Crippen LogP contribution in [0.1, 0.15) is 20.8 Å². The summed E-state index contributed by atoms with van der Waals surface area (Å²) < 4.78 is 5.12. The lowest BCUT2D eigenvalue weighted by molar-refractivity contribution is 0.113. The van der Waals surface area contributed by atoms with E-state index in [2.05, 4.69) is 16.3 Å². The Morgan fingerprint density at radius 3 is 2.77 bits per heavy atom. The summed E-state index contributed by atoms with van der Waals surface area (Å²) in [6.07, 6.45) is -0.514. The van der Waals surface area contributed by atoms with Gasteiger partial charge >= 0.3 is 6.09 Å². The average Bonchev–Trinajstić information content (AvgIpc) is 2.66. The van der Waals surface area contributed by atoms with Gasteiger partial charge in [-0.3, -0.25) is 0 Å². The van der Waals surface area contributed by atoms with Gasteiger partial charge in [0.2, 0.25) is 0 Å². The van der Waals surface area contributed by atoms with E-state index in [4.69, 9.17) is 14.7 Å². The lowest BCUT2D eigenvalue weighted by atomic mass is 9.99. The largest absolute Gasteiger partial charge is 0.507 e. The molecule has 0 unspecified atom stereocenters. The molecule has 0 atom stereocenters. The number of amides is 1. The van der Waals surface area contributed by atoms with Crippen LogP contribution in [-0.4, -0.2) is 46.9 Å². The minimum absolute atomic E-state index is 0. The number of benzene rings is 2. The number of phenolic OH excluding ortho intramolecular Hbond substituents is 1.